The zero-order valence-corrected chi connectivity index (χ0v) is 29.0. The van der Waals surface area contributed by atoms with Crippen molar-refractivity contribution in [3.8, 4) is 56.7 Å². The summed E-state index contributed by atoms with van der Waals surface area (Å²) in [6.07, 6.45) is 0. The summed E-state index contributed by atoms with van der Waals surface area (Å²) in [4.78, 5) is 20.2. The first-order chi connectivity index (χ1) is 26.0. The normalized spacial score (nSPS) is 13.2. The molecule has 250 valence electrons. The molecule has 0 unspecified atom stereocenters. The van der Waals surface area contributed by atoms with E-state index in [1.165, 1.54) is 22.3 Å². The van der Waals surface area contributed by atoms with Crippen molar-refractivity contribution in [3.63, 3.8) is 0 Å². The Kier molecular flexibility index (Phi) is 6.20. The second-order valence-corrected chi connectivity index (χ2v) is 14.3. The number of furan rings is 1. The van der Waals surface area contributed by atoms with Crippen LogP contribution in [0.3, 0.4) is 0 Å². The van der Waals surface area contributed by atoms with E-state index < -0.39 is 0 Å². The standard InChI is InChI=1S/C47H30N4O2/c1-47(2)35-18-10-9-16-32(35)40-33(17-11-19-36(40)47)45-50-43(27-12-5-3-6-13-27)49-44(51-45)30-21-20-29-26-39-34(25-31(29)24-30)41-38(52-39)23-22-37-42(41)53-46(48-37)28-14-7-4-8-15-28/h3-26H,1-2H3. The molecule has 0 spiro atoms. The fraction of sp³-hybridized carbons (Fsp3) is 0.0638. The van der Waals surface area contributed by atoms with Crippen LogP contribution in [0.15, 0.2) is 154 Å². The van der Waals surface area contributed by atoms with Crippen LogP contribution in [0.4, 0.5) is 0 Å². The number of hydrogen-bond acceptors (Lipinski definition) is 6. The third-order valence-electron chi connectivity index (χ3n) is 10.7. The first-order valence-corrected chi connectivity index (χ1v) is 17.8. The molecule has 3 heterocycles. The summed E-state index contributed by atoms with van der Waals surface area (Å²) in [5, 5.41) is 3.97. The van der Waals surface area contributed by atoms with Crippen LogP contribution in [-0.2, 0) is 5.41 Å². The first-order valence-electron chi connectivity index (χ1n) is 17.8. The van der Waals surface area contributed by atoms with E-state index in [1.807, 2.05) is 72.8 Å². The summed E-state index contributed by atoms with van der Waals surface area (Å²) in [5.41, 5.74) is 11.7. The van der Waals surface area contributed by atoms with Crippen molar-refractivity contribution in [2.75, 3.05) is 0 Å². The fourth-order valence-corrected chi connectivity index (χ4v) is 8.12. The average molecular weight is 683 g/mol. The molecule has 0 amide bonds. The molecule has 11 rings (SSSR count). The largest absolute Gasteiger partial charge is 0.456 e. The Bertz CT molecular complexity index is 3090. The molecule has 6 nitrogen and oxygen atoms in total. The van der Waals surface area contributed by atoms with E-state index in [2.05, 4.69) is 86.6 Å². The van der Waals surface area contributed by atoms with Crippen LogP contribution in [0.1, 0.15) is 25.0 Å². The van der Waals surface area contributed by atoms with E-state index in [0.29, 0.717) is 28.9 Å². The van der Waals surface area contributed by atoms with Crippen molar-refractivity contribution >= 4 is 43.8 Å². The lowest BCUT2D eigenvalue weighted by atomic mass is 9.82. The van der Waals surface area contributed by atoms with Gasteiger partial charge in [-0.2, -0.15) is 0 Å². The number of rotatable bonds is 4. The van der Waals surface area contributed by atoms with Gasteiger partial charge in [0.15, 0.2) is 23.1 Å². The van der Waals surface area contributed by atoms with Crippen LogP contribution in [0.25, 0.3) is 101 Å². The fourth-order valence-electron chi connectivity index (χ4n) is 8.12. The van der Waals surface area contributed by atoms with Gasteiger partial charge in [0.05, 0.1) is 5.39 Å². The van der Waals surface area contributed by atoms with Crippen LogP contribution in [0, 0.1) is 0 Å². The highest BCUT2D eigenvalue weighted by Gasteiger charge is 2.37. The maximum absolute atomic E-state index is 6.42. The molecule has 0 radical (unpaired) electrons. The van der Waals surface area contributed by atoms with Crippen LogP contribution in [0.2, 0.25) is 0 Å². The highest BCUT2D eigenvalue weighted by molar-refractivity contribution is 6.19. The predicted molar refractivity (Wildman–Crippen MR) is 211 cm³/mol. The van der Waals surface area contributed by atoms with E-state index in [1.54, 1.807) is 0 Å². The predicted octanol–water partition coefficient (Wildman–Crippen LogP) is 12.0. The molecule has 3 aromatic heterocycles. The summed E-state index contributed by atoms with van der Waals surface area (Å²) < 4.78 is 12.8. The Morgan fingerprint density at radius 1 is 0.472 bits per heavy atom. The molecule has 0 fully saturated rings. The quantitative estimate of drug-likeness (QED) is 0.184. The van der Waals surface area contributed by atoms with Gasteiger partial charge in [-0.25, -0.2) is 19.9 Å². The molecule has 1 aliphatic carbocycles. The summed E-state index contributed by atoms with van der Waals surface area (Å²) >= 11 is 0. The highest BCUT2D eigenvalue weighted by Crippen LogP contribution is 2.51. The molecular weight excluding hydrogens is 653 g/mol. The Morgan fingerprint density at radius 2 is 1.17 bits per heavy atom. The zero-order chi connectivity index (χ0) is 35.3. The van der Waals surface area contributed by atoms with E-state index in [9.17, 15) is 0 Å². The minimum atomic E-state index is -0.138. The van der Waals surface area contributed by atoms with Crippen molar-refractivity contribution in [1.29, 1.82) is 0 Å². The summed E-state index contributed by atoms with van der Waals surface area (Å²) in [7, 11) is 0. The maximum Gasteiger partial charge on any atom is 0.227 e. The molecule has 0 saturated carbocycles. The van der Waals surface area contributed by atoms with E-state index in [-0.39, 0.29) is 5.41 Å². The van der Waals surface area contributed by atoms with Crippen LogP contribution >= 0.6 is 0 Å². The average Bonchev–Trinajstić information content (AvgIpc) is 3.87. The number of aromatic nitrogens is 4. The number of benzene rings is 7. The molecule has 53 heavy (non-hydrogen) atoms. The molecule has 1 aliphatic rings. The summed E-state index contributed by atoms with van der Waals surface area (Å²) in [5.74, 6) is 2.48. The molecule has 10 aromatic rings. The monoisotopic (exact) mass is 682 g/mol. The van der Waals surface area contributed by atoms with Crippen molar-refractivity contribution in [2.45, 2.75) is 19.3 Å². The number of fused-ring (bicyclic) bond motifs is 9. The maximum atomic E-state index is 6.42. The van der Waals surface area contributed by atoms with Gasteiger partial charge in [-0.05, 0) is 75.5 Å². The topological polar surface area (TPSA) is 77.8 Å². The molecule has 6 heteroatoms. The molecular formula is C47H30N4O2. The van der Waals surface area contributed by atoms with Crippen molar-refractivity contribution in [2.24, 2.45) is 0 Å². The summed E-state index contributed by atoms with van der Waals surface area (Å²) in [6, 6.07) is 49.8. The van der Waals surface area contributed by atoms with Gasteiger partial charge in [-0.3, -0.25) is 0 Å². The molecule has 0 saturated heterocycles. The van der Waals surface area contributed by atoms with E-state index >= 15 is 0 Å². The Labute approximate surface area is 304 Å². The van der Waals surface area contributed by atoms with Gasteiger partial charge >= 0.3 is 0 Å². The van der Waals surface area contributed by atoms with Crippen molar-refractivity contribution < 1.29 is 8.83 Å². The number of nitrogens with zero attached hydrogens (tertiary/aromatic N) is 4. The Balaban J connectivity index is 1.10. The lowest BCUT2D eigenvalue weighted by molar-refractivity contribution is 0.622. The van der Waals surface area contributed by atoms with Gasteiger partial charge in [0.1, 0.15) is 16.7 Å². The van der Waals surface area contributed by atoms with Crippen molar-refractivity contribution in [1.82, 2.24) is 19.9 Å². The van der Waals surface area contributed by atoms with Gasteiger partial charge in [0.25, 0.3) is 0 Å². The molecule has 0 bridgehead atoms. The van der Waals surface area contributed by atoms with Crippen LogP contribution in [0.5, 0.6) is 0 Å². The molecule has 0 atom stereocenters. The lowest BCUT2D eigenvalue weighted by Gasteiger charge is -2.21. The molecule has 0 aliphatic heterocycles. The van der Waals surface area contributed by atoms with Gasteiger partial charge < -0.3 is 8.83 Å². The second-order valence-electron chi connectivity index (χ2n) is 14.3. The summed E-state index contributed by atoms with van der Waals surface area (Å²) in [6.45, 7) is 4.58. The first kappa shape index (κ1) is 29.8. The van der Waals surface area contributed by atoms with Gasteiger partial charge in [-0.15, -0.1) is 0 Å². The third-order valence-corrected chi connectivity index (χ3v) is 10.7. The third kappa shape index (κ3) is 4.52. The Morgan fingerprint density at radius 3 is 2.00 bits per heavy atom. The molecule has 7 aromatic carbocycles. The Hall–Kier alpha value is -6.92. The second kappa shape index (κ2) is 11.0. The minimum absolute atomic E-state index is 0.138. The van der Waals surface area contributed by atoms with Gasteiger partial charge in [0.2, 0.25) is 5.89 Å². The minimum Gasteiger partial charge on any atom is -0.456 e. The highest BCUT2D eigenvalue weighted by atomic mass is 16.4. The van der Waals surface area contributed by atoms with Crippen LogP contribution in [-0.4, -0.2) is 19.9 Å². The smallest absolute Gasteiger partial charge is 0.227 e. The van der Waals surface area contributed by atoms with Gasteiger partial charge in [-0.1, -0.05) is 117 Å². The lowest BCUT2D eigenvalue weighted by Crippen LogP contribution is -2.14. The SMILES string of the molecule is CC1(C)c2ccccc2-c2c(-c3nc(-c4ccccc4)nc(-c4ccc5cc6oc7ccc8nc(-c9ccccc9)oc8c7c6cc5c4)n3)cccc21. The zero-order valence-electron chi connectivity index (χ0n) is 29.0. The number of oxazole rings is 1. The van der Waals surface area contributed by atoms with Crippen LogP contribution < -0.4 is 0 Å². The van der Waals surface area contributed by atoms with Crippen molar-refractivity contribution in [3.05, 3.63) is 157 Å². The molecule has 0 N–H and O–H groups in total. The van der Waals surface area contributed by atoms with E-state index in [4.69, 9.17) is 28.8 Å². The number of hydrogen-bond donors (Lipinski definition) is 0. The van der Waals surface area contributed by atoms with E-state index in [0.717, 1.165) is 60.5 Å². The van der Waals surface area contributed by atoms with Gasteiger partial charge in [0, 0.05) is 33.1 Å².